The molecule has 0 aliphatic carbocycles. The lowest BCUT2D eigenvalue weighted by Gasteiger charge is -2.21. The Balaban J connectivity index is 2.00. The average Bonchev–Trinajstić information content (AvgIpc) is 3.22. The fourth-order valence-electron chi connectivity index (χ4n) is 2.13. The van der Waals surface area contributed by atoms with Crippen LogP contribution in [0.15, 0.2) is 34.3 Å². The van der Waals surface area contributed by atoms with E-state index in [9.17, 15) is 9.59 Å². The molecule has 130 valence electrons. The molecule has 0 saturated heterocycles. The molecule has 1 unspecified atom stereocenters. The van der Waals surface area contributed by atoms with E-state index in [1.807, 2.05) is 0 Å². The zero-order valence-corrected chi connectivity index (χ0v) is 14.9. The number of carbonyl (C=O) groups excluding carboxylic acids is 2. The summed E-state index contributed by atoms with van der Waals surface area (Å²) in [6.07, 6.45) is 2.17. The van der Waals surface area contributed by atoms with Crippen molar-refractivity contribution in [3.05, 3.63) is 41.2 Å². The summed E-state index contributed by atoms with van der Waals surface area (Å²) in [6, 6.07) is 4.98. The Morgan fingerprint density at radius 1 is 1.38 bits per heavy atom. The molecule has 2 amide bonds. The van der Waals surface area contributed by atoms with Crippen molar-refractivity contribution in [3.63, 3.8) is 0 Å². The van der Waals surface area contributed by atoms with Gasteiger partial charge in [0.1, 0.15) is 5.00 Å². The molecule has 3 N–H and O–H groups in total. The van der Waals surface area contributed by atoms with E-state index >= 15 is 0 Å². The number of anilines is 1. The lowest BCUT2D eigenvalue weighted by molar-refractivity contribution is 0.0790. The highest BCUT2D eigenvalue weighted by molar-refractivity contribution is 7.14. The van der Waals surface area contributed by atoms with Crippen LogP contribution in [0.25, 0.3) is 0 Å². The van der Waals surface area contributed by atoms with Gasteiger partial charge in [-0.15, -0.1) is 11.3 Å². The molecule has 0 radical (unpaired) electrons. The summed E-state index contributed by atoms with van der Waals surface area (Å²) in [5.74, 6) is 0.0683. The van der Waals surface area contributed by atoms with Crippen molar-refractivity contribution >= 4 is 28.2 Å². The molecule has 0 aromatic carbocycles. The first-order valence-corrected chi connectivity index (χ1v) is 8.71. The Morgan fingerprint density at radius 2 is 2.12 bits per heavy atom. The summed E-state index contributed by atoms with van der Waals surface area (Å²) in [6.45, 7) is 4.70. The molecule has 7 heteroatoms. The highest BCUT2D eigenvalue weighted by Crippen LogP contribution is 2.25. The number of carbonyl (C=O) groups is 2. The monoisotopic (exact) mass is 349 g/mol. The third-order valence-corrected chi connectivity index (χ3v) is 4.70. The molecular formula is C17H23N3O3S. The van der Waals surface area contributed by atoms with Crippen molar-refractivity contribution < 1.29 is 14.0 Å². The van der Waals surface area contributed by atoms with Crippen LogP contribution in [-0.2, 0) is 0 Å². The second kappa shape index (κ2) is 8.12. The Bertz CT molecular complexity index is 679. The normalized spacial score (nSPS) is 12.2. The van der Waals surface area contributed by atoms with Gasteiger partial charge in [-0.25, -0.2) is 0 Å². The van der Waals surface area contributed by atoms with E-state index in [0.717, 1.165) is 6.42 Å². The van der Waals surface area contributed by atoms with Gasteiger partial charge in [0.25, 0.3) is 11.8 Å². The molecule has 24 heavy (non-hydrogen) atoms. The maximum Gasteiger partial charge on any atom is 0.291 e. The molecule has 2 rings (SSSR count). The number of amides is 2. The molecule has 0 bridgehead atoms. The van der Waals surface area contributed by atoms with Crippen LogP contribution in [0.2, 0.25) is 0 Å². The van der Waals surface area contributed by atoms with E-state index in [1.54, 1.807) is 35.5 Å². The van der Waals surface area contributed by atoms with Crippen LogP contribution >= 0.6 is 11.3 Å². The highest BCUT2D eigenvalue weighted by atomic mass is 32.1. The molecule has 0 aliphatic rings. The van der Waals surface area contributed by atoms with E-state index in [2.05, 4.69) is 19.2 Å². The van der Waals surface area contributed by atoms with Crippen LogP contribution in [0.4, 0.5) is 5.00 Å². The van der Waals surface area contributed by atoms with E-state index in [-0.39, 0.29) is 23.6 Å². The van der Waals surface area contributed by atoms with Gasteiger partial charge >= 0.3 is 0 Å². The maximum absolute atomic E-state index is 12.6. The minimum Gasteiger partial charge on any atom is -0.459 e. The van der Waals surface area contributed by atoms with Gasteiger partial charge < -0.3 is 20.4 Å². The van der Waals surface area contributed by atoms with Crippen molar-refractivity contribution in [2.24, 2.45) is 11.7 Å². The van der Waals surface area contributed by atoms with Gasteiger partial charge in [0, 0.05) is 19.6 Å². The first-order chi connectivity index (χ1) is 11.4. The van der Waals surface area contributed by atoms with E-state index in [4.69, 9.17) is 10.2 Å². The summed E-state index contributed by atoms with van der Waals surface area (Å²) < 4.78 is 5.06. The van der Waals surface area contributed by atoms with E-state index in [0.29, 0.717) is 23.0 Å². The molecule has 2 aromatic heterocycles. The van der Waals surface area contributed by atoms with Crippen LogP contribution < -0.4 is 11.1 Å². The smallest absolute Gasteiger partial charge is 0.291 e. The molecule has 0 saturated carbocycles. The average molecular weight is 349 g/mol. The number of nitrogens with one attached hydrogen (secondary N) is 1. The topological polar surface area (TPSA) is 88.6 Å². The number of thiophene rings is 1. The van der Waals surface area contributed by atoms with Gasteiger partial charge in [0.15, 0.2) is 5.76 Å². The van der Waals surface area contributed by atoms with Gasteiger partial charge in [-0.05, 0) is 35.9 Å². The lowest BCUT2D eigenvalue weighted by Crippen LogP contribution is -2.34. The third-order valence-electron chi connectivity index (χ3n) is 3.87. The summed E-state index contributed by atoms with van der Waals surface area (Å²) >= 11 is 1.30. The van der Waals surface area contributed by atoms with Gasteiger partial charge in [-0.2, -0.15) is 0 Å². The lowest BCUT2D eigenvalue weighted by atomic mass is 10.0. The van der Waals surface area contributed by atoms with Crippen molar-refractivity contribution in [3.8, 4) is 0 Å². The van der Waals surface area contributed by atoms with Crippen molar-refractivity contribution in [1.29, 1.82) is 0 Å². The maximum atomic E-state index is 12.6. The second-order valence-corrected chi connectivity index (χ2v) is 6.93. The first-order valence-electron chi connectivity index (χ1n) is 7.83. The number of hydrogen-bond donors (Lipinski definition) is 2. The quantitative estimate of drug-likeness (QED) is 0.804. The minimum atomic E-state index is -0.374. The number of nitrogens with two attached hydrogens (primary N) is 1. The van der Waals surface area contributed by atoms with Gasteiger partial charge in [-0.3, -0.25) is 9.59 Å². The summed E-state index contributed by atoms with van der Waals surface area (Å²) in [5, 5.41) is 5.02. The Labute approximate surface area is 145 Å². The summed E-state index contributed by atoms with van der Waals surface area (Å²) in [5.41, 5.74) is 6.50. The van der Waals surface area contributed by atoms with Crippen LogP contribution in [0, 0.1) is 5.92 Å². The summed E-state index contributed by atoms with van der Waals surface area (Å²) in [4.78, 5) is 26.3. The van der Waals surface area contributed by atoms with Gasteiger partial charge in [0.05, 0.1) is 11.8 Å². The van der Waals surface area contributed by atoms with Crippen LogP contribution in [0.5, 0.6) is 0 Å². The minimum absolute atomic E-state index is 0.0563. The number of rotatable bonds is 7. The largest absolute Gasteiger partial charge is 0.459 e. The number of nitrogens with zero attached hydrogens (tertiary/aromatic N) is 1. The van der Waals surface area contributed by atoms with Crippen molar-refractivity contribution in [1.82, 2.24) is 4.90 Å². The zero-order chi connectivity index (χ0) is 17.7. The predicted molar refractivity (Wildman–Crippen MR) is 95.4 cm³/mol. The molecule has 0 fully saturated rings. The molecule has 2 heterocycles. The molecule has 1 atom stereocenters. The molecule has 2 aromatic rings. The fraction of sp³-hybridized carbons (Fsp3) is 0.412. The van der Waals surface area contributed by atoms with E-state index < -0.39 is 0 Å². The molecule has 6 nitrogen and oxygen atoms in total. The highest BCUT2D eigenvalue weighted by Gasteiger charge is 2.20. The SMILES string of the molecule is CC(C)C(N)CCN(C)C(=O)c1ccsc1NC(=O)c1ccco1. The second-order valence-electron chi connectivity index (χ2n) is 6.02. The van der Waals surface area contributed by atoms with Gasteiger partial charge in [0.2, 0.25) is 0 Å². The standard InChI is InChI=1S/C17H23N3O3S/c1-11(2)13(18)6-8-20(3)17(22)12-7-10-24-16(12)19-15(21)14-5-4-9-23-14/h4-5,7,9-11,13H,6,8,18H2,1-3H3,(H,19,21). The first kappa shape index (κ1) is 18.2. The third kappa shape index (κ3) is 4.46. The Morgan fingerprint density at radius 3 is 2.75 bits per heavy atom. The Hall–Kier alpha value is -2.12. The predicted octanol–water partition coefficient (Wildman–Crippen LogP) is 3.04. The summed E-state index contributed by atoms with van der Waals surface area (Å²) in [7, 11) is 1.74. The molecule has 0 aliphatic heterocycles. The van der Waals surface area contributed by atoms with Gasteiger partial charge in [-0.1, -0.05) is 13.8 Å². The zero-order valence-electron chi connectivity index (χ0n) is 14.1. The Kier molecular flexibility index (Phi) is 6.16. The van der Waals surface area contributed by atoms with Crippen molar-refractivity contribution in [2.45, 2.75) is 26.3 Å². The van der Waals surface area contributed by atoms with Crippen molar-refractivity contribution in [2.75, 3.05) is 18.9 Å². The van der Waals surface area contributed by atoms with Crippen LogP contribution in [0.3, 0.4) is 0 Å². The fourth-order valence-corrected chi connectivity index (χ4v) is 2.90. The molecular weight excluding hydrogens is 326 g/mol. The van der Waals surface area contributed by atoms with Crippen LogP contribution in [0.1, 0.15) is 41.2 Å². The molecule has 0 spiro atoms. The number of hydrogen-bond acceptors (Lipinski definition) is 5. The number of furan rings is 1. The van der Waals surface area contributed by atoms with E-state index in [1.165, 1.54) is 17.6 Å². The van der Waals surface area contributed by atoms with Crippen LogP contribution in [-0.4, -0.2) is 36.3 Å².